The fourth-order valence-electron chi connectivity index (χ4n) is 4.74. The molecule has 0 spiro atoms. The summed E-state index contributed by atoms with van der Waals surface area (Å²) in [5.74, 6) is -0.403. The minimum Gasteiger partial charge on any atom is -0.545 e. The molecule has 0 aromatic heterocycles. The van der Waals surface area contributed by atoms with Crippen LogP contribution in [0.3, 0.4) is 0 Å². The van der Waals surface area contributed by atoms with Crippen LogP contribution >= 0.6 is 0 Å². The fraction of sp³-hybridized carbons (Fsp3) is 0.250. The topological polar surface area (TPSA) is 93.7 Å². The normalized spacial score (nSPS) is 14.5. The quantitative estimate of drug-likeness (QED) is 0.339. The molecular weight excluding hydrogens is 444 g/mol. The van der Waals surface area contributed by atoms with Crippen LogP contribution in [-0.4, -0.2) is 38.3 Å². The highest BCUT2D eigenvalue weighted by molar-refractivity contribution is 6.07. The summed E-state index contributed by atoms with van der Waals surface area (Å²) in [6.45, 7) is 6.19. The molecule has 3 heterocycles. The molecule has 3 aliphatic heterocycles. The molecule has 7 nitrogen and oxygen atoms in total. The number of carbonyl (C=O) groups excluding carboxylic acids is 3. The van der Waals surface area contributed by atoms with Crippen molar-refractivity contribution in [2.45, 2.75) is 19.8 Å². The van der Waals surface area contributed by atoms with E-state index in [1.165, 1.54) is 12.8 Å². The van der Waals surface area contributed by atoms with E-state index in [1.807, 2.05) is 19.1 Å². The second-order valence-electron chi connectivity index (χ2n) is 8.94. The molecule has 2 saturated heterocycles. The molecule has 7 heteroatoms. The third kappa shape index (κ3) is 4.11. The van der Waals surface area contributed by atoms with Crippen molar-refractivity contribution in [3.05, 3.63) is 71.1 Å². The molecule has 1 aliphatic carbocycles. The largest absolute Gasteiger partial charge is 0.545 e. The molecular formula is C28H24N2O5. The van der Waals surface area contributed by atoms with Gasteiger partial charge in [0, 0.05) is 53.0 Å². The van der Waals surface area contributed by atoms with Crippen molar-refractivity contribution in [1.29, 1.82) is 0 Å². The third-order valence-electron chi connectivity index (χ3n) is 6.80. The maximum absolute atomic E-state index is 12.0. The Morgan fingerprint density at radius 2 is 1.74 bits per heavy atom. The molecule has 176 valence electrons. The van der Waals surface area contributed by atoms with Gasteiger partial charge in [0.05, 0.1) is 18.5 Å². The molecule has 0 bridgehead atoms. The lowest BCUT2D eigenvalue weighted by molar-refractivity contribution is -0.255. The summed E-state index contributed by atoms with van der Waals surface area (Å²) in [6, 6.07) is 17.9. The van der Waals surface area contributed by atoms with Crippen molar-refractivity contribution >= 4 is 28.8 Å². The zero-order valence-electron chi connectivity index (χ0n) is 19.4. The molecule has 2 fully saturated rings. The average Bonchev–Trinajstić information content (AvgIpc) is 2.75. The molecule has 4 aliphatic rings. The Bertz CT molecular complexity index is 1520. The number of aryl methyl sites for hydroxylation is 1. The number of aromatic carboxylic acids is 1. The summed E-state index contributed by atoms with van der Waals surface area (Å²) in [5.41, 5.74) is 5.57. The van der Waals surface area contributed by atoms with Crippen LogP contribution in [0.5, 0.6) is 0 Å². The van der Waals surface area contributed by atoms with Crippen LogP contribution in [-0.2, 0) is 9.59 Å². The highest BCUT2D eigenvalue weighted by Gasteiger charge is 2.23. The zero-order chi connectivity index (χ0) is 24.5. The van der Waals surface area contributed by atoms with Gasteiger partial charge in [-0.05, 0) is 37.1 Å². The van der Waals surface area contributed by atoms with Gasteiger partial charge in [0.1, 0.15) is 24.4 Å². The van der Waals surface area contributed by atoms with Crippen LogP contribution in [0.1, 0.15) is 28.8 Å². The van der Waals surface area contributed by atoms with Gasteiger partial charge in [-0.1, -0.05) is 23.8 Å². The van der Waals surface area contributed by atoms with E-state index in [1.54, 1.807) is 6.07 Å². The van der Waals surface area contributed by atoms with Crippen LogP contribution in [0.15, 0.2) is 59.0 Å². The summed E-state index contributed by atoms with van der Waals surface area (Å²) in [6.07, 6.45) is 2.66. The van der Waals surface area contributed by atoms with E-state index < -0.39 is 5.97 Å². The molecule has 2 aromatic carbocycles. The van der Waals surface area contributed by atoms with E-state index in [-0.39, 0.29) is 11.7 Å². The Hall–Kier alpha value is -4.22. The van der Waals surface area contributed by atoms with Gasteiger partial charge in [0.15, 0.2) is 0 Å². The van der Waals surface area contributed by atoms with Gasteiger partial charge in [0.25, 0.3) is 0 Å². The summed E-state index contributed by atoms with van der Waals surface area (Å²) >= 11 is 0. The van der Waals surface area contributed by atoms with E-state index in [2.05, 4.69) is 45.9 Å². The standard InChI is InChI=1S/C27H24N2O3.CO2/c1-17-4-7-20(27(30)31)23(14-17)26-21-8-5-18(28-10-2-11-28)15-24(21)32-25-16-19(6-9-22(25)26)29-12-3-13-29;2-1-3/h4-9,14-16H,2-3,10-13H2,1H3;. The van der Waals surface area contributed by atoms with Gasteiger partial charge < -0.3 is 19.2 Å². The summed E-state index contributed by atoms with van der Waals surface area (Å²) in [5, 5.41) is 14.1. The Balaban J connectivity index is 0.000000806. The predicted molar refractivity (Wildman–Crippen MR) is 129 cm³/mol. The van der Waals surface area contributed by atoms with Crippen LogP contribution in [0.25, 0.3) is 33.4 Å². The number of carboxylic acid groups (broad SMARTS) is 1. The Morgan fingerprint density at radius 1 is 0.971 bits per heavy atom. The molecule has 2 aromatic rings. The number of carboxylic acids is 1. The van der Waals surface area contributed by atoms with Crippen molar-refractivity contribution in [2.75, 3.05) is 31.1 Å². The zero-order valence-corrected chi connectivity index (χ0v) is 19.4. The first kappa shape index (κ1) is 22.6. The van der Waals surface area contributed by atoms with Gasteiger partial charge in [-0.25, -0.2) is 4.58 Å². The maximum Gasteiger partial charge on any atom is 0.373 e. The Labute approximate surface area is 201 Å². The molecule has 35 heavy (non-hydrogen) atoms. The summed E-state index contributed by atoms with van der Waals surface area (Å²) in [4.78, 5) is 30.6. The van der Waals surface area contributed by atoms with Gasteiger partial charge in [-0.3, -0.25) is 0 Å². The van der Waals surface area contributed by atoms with Crippen molar-refractivity contribution in [3.63, 3.8) is 0 Å². The maximum atomic E-state index is 12.0. The van der Waals surface area contributed by atoms with E-state index in [0.29, 0.717) is 5.56 Å². The number of anilines is 1. The first-order valence-corrected chi connectivity index (χ1v) is 11.7. The van der Waals surface area contributed by atoms with Gasteiger partial charge in [-0.2, -0.15) is 9.59 Å². The minimum absolute atomic E-state index is 0.197. The smallest absolute Gasteiger partial charge is 0.373 e. The summed E-state index contributed by atoms with van der Waals surface area (Å²) in [7, 11) is 0. The third-order valence-corrected chi connectivity index (χ3v) is 6.80. The molecule has 6 rings (SSSR count). The second-order valence-corrected chi connectivity index (χ2v) is 8.94. The second kappa shape index (κ2) is 9.20. The lowest BCUT2D eigenvalue weighted by Crippen LogP contribution is -2.40. The van der Waals surface area contributed by atoms with Crippen LogP contribution < -0.4 is 19.9 Å². The van der Waals surface area contributed by atoms with Crippen LogP contribution in [0.2, 0.25) is 0 Å². The van der Waals surface area contributed by atoms with Crippen molar-refractivity contribution < 1.29 is 23.9 Å². The van der Waals surface area contributed by atoms with E-state index in [0.717, 1.165) is 70.6 Å². The number of carbonyl (C=O) groups is 1. The van der Waals surface area contributed by atoms with E-state index >= 15 is 0 Å². The lowest BCUT2D eigenvalue weighted by atomic mass is 9.89. The fourth-order valence-corrected chi connectivity index (χ4v) is 4.74. The number of hydrogen-bond donors (Lipinski definition) is 0. The van der Waals surface area contributed by atoms with Crippen molar-refractivity contribution in [2.24, 2.45) is 0 Å². The Kier molecular flexibility index (Phi) is 5.93. The number of rotatable bonds is 3. The number of fused-ring (bicyclic) bond motifs is 2. The van der Waals surface area contributed by atoms with Crippen LogP contribution in [0.4, 0.5) is 5.69 Å². The number of benzene rings is 3. The molecule has 0 saturated carbocycles. The molecule has 0 N–H and O–H groups in total. The summed E-state index contributed by atoms with van der Waals surface area (Å²) < 4.78 is 8.77. The molecule has 0 atom stereocenters. The lowest BCUT2D eigenvalue weighted by Gasteiger charge is -2.33. The van der Waals surface area contributed by atoms with E-state index in [4.69, 9.17) is 14.0 Å². The SMILES string of the molecule is Cc1ccc(C(=O)[O-])c(-c2c3ccc(=[N+]4CCC4)cc-3oc3cc(N4CCC4)ccc23)c1.O=C=O. The number of hydrogen-bond acceptors (Lipinski definition) is 6. The predicted octanol–water partition coefficient (Wildman–Crippen LogP) is 2.68. The van der Waals surface area contributed by atoms with Crippen LogP contribution in [0, 0.1) is 6.92 Å². The highest BCUT2D eigenvalue weighted by atomic mass is 16.4. The Morgan fingerprint density at radius 3 is 2.37 bits per heavy atom. The first-order valence-electron chi connectivity index (χ1n) is 11.7. The minimum atomic E-state index is -1.17. The molecule has 0 radical (unpaired) electrons. The van der Waals surface area contributed by atoms with Crippen molar-refractivity contribution in [1.82, 2.24) is 4.58 Å². The highest BCUT2D eigenvalue weighted by Crippen LogP contribution is 2.42. The van der Waals surface area contributed by atoms with E-state index in [9.17, 15) is 9.90 Å². The number of nitrogens with zero attached hydrogens (tertiary/aromatic N) is 2. The monoisotopic (exact) mass is 468 g/mol. The van der Waals surface area contributed by atoms with Gasteiger partial charge >= 0.3 is 6.15 Å². The van der Waals surface area contributed by atoms with Gasteiger partial charge in [-0.15, -0.1) is 0 Å². The average molecular weight is 469 g/mol. The van der Waals surface area contributed by atoms with Gasteiger partial charge in [0.2, 0.25) is 5.36 Å². The molecule has 0 amide bonds. The first-order chi connectivity index (χ1) is 17.0. The molecule has 0 unspecified atom stereocenters. The van der Waals surface area contributed by atoms with Crippen molar-refractivity contribution in [3.8, 4) is 22.5 Å².